The molecule has 2 amide bonds. The quantitative estimate of drug-likeness (QED) is 0.281. The predicted octanol–water partition coefficient (Wildman–Crippen LogP) is 4.14. The molecule has 3 aromatic carbocycles. The molecule has 0 aliphatic heterocycles. The van der Waals surface area contributed by atoms with Crippen molar-refractivity contribution in [2.45, 2.75) is 6.42 Å². The minimum absolute atomic E-state index is 0.174. The maximum atomic E-state index is 12.6. The van der Waals surface area contributed by atoms with Gasteiger partial charge in [-0.1, -0.05) is 18.2 Å². The van der Waals surface area contributed by atoms with E-state index < -0.39 is 5.91 Å². The van der Waals surface area contributed by atoms with Gasteiger partial charge in [-0.2, -0.15) is 0 Å². The molecule has 1 aromatic heterocycles. The second kappa shape index (κ2) is 8.73. The Morgan fingerprint density at radius 3 is 2.52 bits per heavy atom. The molecule has 0 saturated carbocycles. The molecular formula is C24H21N3O4. The Labute approximate surface area is 178 Å². The van der Waals surface area contributed by atoms with Crippen LogP contribution < -0.4 is 15.5 Å². The number of aromatic nitrogens is 1. The van der Waals surface area contributed by atoms with Crippen molar-refractivity contribution >= 4 is 28.4 Å². The molecular weight excluding hydrogens is 394 g/mol. The molecule has 31 heavy (non-hydrogen) atoms. The molecule has 4 rings (SSSR count). The van der Waals surface area contributed by atoms with E-state index in [1.165, 1.54) is 12.1 Å². The number of carbonyl (C=O) groups excluding carboxylic acids is 2. The zero-order valence-corrected chi connectivity index (χ0v) is 16.8. The Bertz CT molecular complexity index is 1250. The summed E-state index contributed by atoms with van der Waals surface area (Å²) in [5.41, 5.74) is 6.33. The highest BCUT2D eigenvalue weighted by Crippen LogP contribution is 2.29. The lowest BCUT2D eigenvalue weighted by atomic mass is 10.0. The fourth-order valence-electron chi connectivity index (χ4n) is 3.45. The summed E-state index contributed by atoms with van der Waals surface area (Å²) in [4.78, 5) is 27.2. The summed E-state index contributed by atoms with van der Waals surface area (Å²) in [6, 6.07) is 20.2. The van der Waals surface area contributed by atoms with E-state index in [9.17, 15) is 9.59 Å². The lowest BCUT2D eigenvalue weighted by Gasteiger charge is -2.07. The monoisotopic (exact) mass is 415 g/mol. The number of anilines is 1. The molecule has 7 heteroatoms. The number of aromatic amines is 1. The van der Waals surface area contributed by atoms with Gasteiger partial charge in [-0.3, -0.25) is 14.8 Å². The van der Waals surface area contributed by atoms with Gasteiger partial charge >= 0.3 is 0 Å². The molecule has 0 fully saturated rings. The molecule has 0 unspecified atom stereocenters. The van der Waals surface area contributed by atoms with Crippen molar-refractivity contribution in [2.24, 2.45) is 0 Å². The van der Waals surface area contributed by atoms with Crippen LogP contribution in [0.1, 0.15) is 15.9 Å². The second-order valence-corrected chi connectivity index (χ2v) is 7.05. The Morgan fingerprint density at radius 1 is 1.00 bits per heavy atom. The third-order valence-electron chi connectivity index (χ3n) is 5.05. The van der Waals surface area contributed by atoms with Crippen molar-refractivity contribution in [3.8, 4) is 16.9 Å². The first-order valence-corrected chi connectivity index (χ1v) is 9.66. The van der Waals surface area contributed by atoms with E-state index in [4.69, 9.17) is 9.94 Å². The Morgan fingerprint density at radius 2 is 1.77 bits per heavy atom. The molecule has 4 N–H and O–H groups in total. The zero-order valence-electron chi connectivity index (χ0n) is 16.8. The van der Waals surface area contributed by atoms with Crippen LogP contribution in [-0.4, -0.2) is 29.1 Å². The van der Waals surface area contributed by atoms with E-state index in [0.29, 0.717) is 11.3 Å². The van der Waals surface area contributed by atoms with Crippen LogP contribution in [0.25, 0.3) is 22.0 Å². The number of hydroxylamine groups is 1. The number of rotatable bonds is 6. The number of ether oxygens (including phenoxy) is 1. The van der Waals surface area contributed by atoms with Crippen LogP contribution in [-0.2, 0) is 11.2 Å². The summed E-state index contributed by atoms with van der Waals surface area (Å²) in [7, 11) is 1.64. The summed E-state index contributed by atoms with van der Waals surface area (Å²) in [6.07, 6.45) is 2.04. The fourth-order valence-corrected chi connectivity index (χ4v) is 3.45. The number of nitrogens with one attached hydrogen (secondary N) is 3. The number of hydrogen-bond acceptors (Lipinski definition) is 4. The van der Waals surface area contributed by atoms with E-state index in [2.05, 4.69) is 16.4 Å². The van der Waals surface area contributed by atoms with Crippen LogP contribution in [0.4, 0.5) is 5.69 Å². The lowest BCUT2D eigenvalue weighted by molar-refractivity contribution is -0.115. The van der Waals surface area contributed by atoms with Gasteiger partial charge in [0.25, 0.3) is 5.91 Å². The molecule has 0 atom stereocenters. The van der Waals surface area contributed by atoms with E-state index >= 15 is 0 Å². The average Bonchev–Trinajstić information content (AvgIpc) is 3.20. The largest absolute Gasteiger partial charge is 0.497 e. The summed E-state index contributed by atoms with van der Waals surface area (Å²) in [5, 5.41) is 12.5. The summed E-state index contributed by atoms with van der Waals surface area (Å²) in [5.74, 6) is 0.00399. The molecule has 156 valence electrons. The third kappa shape index (κ3) is 4.41. The van der Waals surface area contributed by atoms with Gasteiger partial charge in [0.1, 0.15) is 5.75 Å². The van der Waals surface area contributed by atoms with Crippen LogP contribution in [0.2, 0.25) is 0 Å². The van der Waals surface area contributed by atoms with Crippen molar-refractivity contribution < 1.29 is 19.5 Å². The highest BCUT2D eigenvalue weighted by Gasteiger charge is 2.11. The summed E-state index contributed by atoms with van der Waals surface area (Å²) >= 11 is 0. The first-order chi connectivity index (χ1) is 15.1. The number of carbonyl (C=O) groups is 2. The number of amides is 2. The standard InChI is InChI=1S/C24H21N3O4/c1-31-20-4-2-3-16(11-20)17-7-10-22-21(12-17)18(14-25-22)13-23(28)26-19-8-5-15(6-9-19)24(29)27-30/h2-12,14,25,30H,13H2,1H3,(H,26,28)(H,27,29). The zero-order chi connectivity index (χ0) is 21.8. The van der Waals surface area contributed by atoms with Crippen LogP contribution in [0, 0.1) is 0 Å². The van der Waals surface area contributed by atoms with Gasteiger partial charge < -0.3 is 15.0 Å². The van der Waals surface area contributed by atoms with Gasteiger partial charge in [0.2, 0.25) is 5.91 Å². The number of H-pyrrole nitrogens is 1. The van der Waals surface area contributed by atoms with Gasteiger partial charge in [0.05, 0.1) is 13.5 Å². The topological polar surface area (TPSA) is 103 Å². The average molecular weight is 415 g/mol. The maximum Gasteiger partial charge on any atom is 0.274 e. The van der Waals surface area contributed by atoms with Crippen LogP contribution in [0.3, 0.4) is 0 Å². The second-order valence-electron chi connectivity index (χ2n) is 7.05. The van der Waals surface area contributed by atoms with Crippen LogP contribution in [0.5, 0.6) is 5.75 Å². The summed E-state index contributed by atoms with van der Waals surface area (Å²) in [6.45, 7) is 0. The van der Waals surface area contributed by atoms with Crippen molar-refractivity contribution in [1.29, 1.82) is 0 Å². The van der Waals surface area contributed by atoms with Gasteiger partial charge in [0, 0.05) is 28.4 Å². The van der Waals surface area contributed by atoms with Crippen molar-refractivity contribution in [1.82, 2.24) is 10.5 Å². The van der Waals surface area contributed by atoms with E-state index in [1.807, 2.05) is 42.6 Å². The molecule has 4 aromatic rings. The number of benzene rings is 3. The van der Waals surface area contributed by atoms with Crippen molar-refractivity contribution in [3.05, 3.63) is 84.1 Å². The Kier molecular flexibility index (Phi) is 5.68. The first kappa shape index (κ1) is 20.2. The number of hydrogen-bond donors (Lipinski definition) is 4. The number of methoxy groups -OCH3 is 1. The molecule has 0 bridgehead atoms. The van der Waals surface area contributed by atoms with Crippen LogP contribution in [0.15, 0.2) is 72.9 Å². The molecule has 0 spiro atoms. The maximum absolute atomic E-state index is 12.6. The normalized spacial score (nSPS) is 10.6. The van der Waals surface area contributed by atoms with Crippen molar-refractivity contribution in [3.63, 3.8) is 0 Å². The minimum Gasteiger partial charge on any atom is -0.497 e. The fraction of sp³-hybridized carbons (Fsp3) is 0.0833. The molecule has 0 aliphatic rings. The van der Waals surface area contributed by atoms with E-state index in [-0.39, 0.29) is 12.3 Å². The Balaban J connectivity index is 1.52. The first-order valence-electron chi connectivity index (χ1n) is 9.66. The van der Waals surface area contributed by atoms with Gasteiger partial charge in [0.15, 0.2) is 0 Å². The van der Waals surface area contributed by atoms with E-state index in [1.54, 1.807) is 24.7 Å². The smallest absolute Gasteiger partial charge is 0.274 e. The van der Waals surface area contributed by atoms with Gasteiger partial charge in [-0.15, -0.1) is 0 Å². The van der Waals surface area contributed by atoms with Gasteiger partial charge in [-0.05, 0) is 65.2 Å². The highest BCUT2D eigenvalue weighted by molar-refractivity contribution is 5.98. The summed E-state index contributed by atoms with van der Waals surface area (Å²) < 4.78 is 5.31. The molecule has 1 heterocycles. The van der Waals surface area contributed by atoms with Crippen LogP contribution >= 0.6 is 0 Å². The minimum atomic E-state index is -0.608. The van der Waals surface area contributed by atoms with E-state index in [0.717, 1.165) is 33.3 Å². The van der Waals surface area contributed by atoms with Gasteiger partial charge in [-0.25, -0.2) is 5.48 Å². The molecule has 0 saturated heterocycles. The van der Waals surface area contributed by atoms with Crippen molar-refractivity contribution in [2.75, 3.05) is 12.4 Å². The molecule has 0 radical (unpaired) electrons. The molecule has 0 aliphatic carbocycles. The predicted molar refractivity (Wildman–Crippen MR) is 118 cm³/mol. The third-order valence-corrected chi connectivity index (χ3v) is 5.05. The Hall–Kier alpha value is -4.10. The molecule has 7 nitrogen and oxygen atoms in total. The highest BCUT2D eigenvalue weighted by atomic mass is 16.5. The lowest BCUT2D eigenvalue weighted by Crippen LogP contribution is -2.18. The SMILES string of the molecule is COc1cccc(-c2ccc3[nH]cc(CC(=O)Nc4ccc(C(=O)NO)cc4)c3c2)c1. The number of fused-ring (bicyclic) bond motifs is 1.